The second-order valence-electron chi connectivity index (χ2n) is 2.92. The van der Waals surface area contributed by atoms with E-state index in [2.05, 4.69) is 4.98 Å². The molecular weight excluding hydrogens is 194 g/mol. The van der Waals surface area contributed by atoms with Crippen molar-refractivity contribution in [1.82, 2.24) is 4.98 Å². The molecule has 80 valence electrons. The molecule has 1 aromatic rings. The topological polar surface area (TPSA) is 78.5 Å². The predicted molar refractivity (Wildman–Crippen MR) is 57.2 cm³/mol. The Morgan fingerprint density at radius 2 is 1.80 bits per heavy atom. The molecule has 2 N–H and O–H groups in total. The molecule has 0 aliphatic heterocycles. The third-order valence-electron chi connectivity index (χ3n) is 1.74. The van der Waals surface area contributed by atoms with Crippen molar-refractivity contribution in [3.63, 3.8) is 0 Å². The molecule has 0 amide bonds. The van der Waals surface area contributed by atoms with Gasteiger partial charge in [-0.15, -0.1) is 0 Å². The summed E-state index contributed by atoms with van der Waals surface area (Å²) in [6.07, 6.45) is 3.12. The SMILES string of the molecule is CC(=O)C(=Cc1ccccn1)C(C)=O.O. The normalized spacial score (nSPS) is 8.67. The predicted octanol–water partition coefficient (Wildman–Crippen LogP) is 0.818. The summed E-state index contributed by atoms with van der Waals surface area (Å²) < 4.78 is 0. The van der Waals surface area contributed by atoms with Gasteiger partial charge in [0.15, 0.2) is 11.6 Å². The summed E-state index contributed by atoms with van der Waals surface area (Å²) in [5.74, 6) is -0.466. The second kappa shape index (κ2) is 5.82. The van der Waals surface area contributed by atoms with Crippen LogP contribution in [0.3, 0.4) is 0 Å². The van der Waals surface area contributed by atoms with Crippen molar-refractivity contribution in [2.45, 2.75) is 13.8 Å². The summed E-state index contributed by atoms with van der Waals surface area (Å²) in [5.41, 5.74) is 0.802. The van der Waals surface area contributed by atoms with Crippen LogP contribution in [-0.4, -0.2) is 22.0 Å². The van der Waals surface area contributed by atoms with Gasteiger partial charge in [-0.05, 0) is 32.1 Å². The molecule has 0 atom stereocenters. The first-order valence-electron chi connectivity index (χ1n) is 4.26. The molecule has 0 fully saturated rings. The lowest BCUT2D eigenvalue weighted by atomic mass is 10.1. The molecule has 0 unspecified atom stereocenters. The van der Waals surface area contributed by atoms with E-state index in [9.17, 15) is 9.59 Å². The van der Waals surface area contributed by atoms with Crippen LogP contribution in [0.15, 0.2) is 30.0 Å². The number of pyridine rings is 1. The molecule has 15 heavy (non-hydrogen) atoms. The van der Waals surface area contributed by atoms with Gasteiger partial charge in [-0.1, -0.05) is 6.07 Å². The van der Waals surface area contributed by atoms with E-state index >= 15 is 0 Å². The van der Waals surface area contributed by atoms with E-state index in [0.29, 0.717) is 5.69 Å². The van der Waals surface area contributed by atoms with E-state index in [0.717, 1.165) is 0 Å². The lowest BCUT2D eigenvalue weighted by molar-refractivity contribution is -0.119. The Kier molecular flexibility index (Phi) is 5.12. The zero-order chi connectivity index (χ0) is 10.6. The maximum Gasteiger partial charge on any atom is 0.163 e. The fraction of sp³-hybridized carbons (Fsp3) is 0.182. The molecule has 0 spiro atoms. The number of allylic oxidation sites excluding steroid dienone is 1. The number of hydrogen-bond acceptors (Lipinski definition) is 3. The number of aromatic nitrogens is 1. The number of ketones is 2. The quantitative estimate of drug-likeness (QED) is 0.418. The average molecular weight is 207 g/mol. The lowest BCUT2D eigenvalue weighted by Crippen LogP contribution is -2.05. The molecule has 1 heterocycles. The van der Waals surface area contributed by atoms with Gasteiger partial charge in [0, 0.05) is 6.20 Å². The van der Waals surface area contributed by atoms with Crippen LogP contribution in [-0.2, 0) is 9.59 Å². The van der Waals surface area contributed by atoms with Crippen LogP contribution < -0.4 is 0 Å². The molecule has 0 aliphatic carbocycles. The van der Waals surface area contributed by atoms with E-state index in [4.69, 9.17) is 0 Å². The zero-order valence-corrected chi connectivity index (χ0v) is 8.65. The van der Waals surface area contributed by atoms with Crippen molar-refractivity contribution in [3.8, 4) is 0 Å². The summed E-state index contributed by atoms with van der Waals surface area (Å²) in [6, 6.07) is 5.32. The van der Waals surface area contributed by atoms with Gasteiger partial charge in [0.25, 0.3) is 0 Å². The highest BCUT2D eigenvalue weighted by Gasteiger charge is 2.08. The van der Waals surface area contributed by atoms with Crippen LogP contribution in [0.2, 0.25) is 0 Å². The highest BCUT2D eigenvalue weighted by Crippen LogP contribution is 2.05. The molecule has 1 aromatic heterocycles. The lowest BCUT2D eigenvalue weighted by Gasteiger charge is -1.97. The summed E-state index contributed by atoms with van der Waals surface area (Å²) >= 11 is 0. The van der Waals surface area contributed by atoms with Crippen LogP contribution in [0, 0.1) is 0 Å². The van der Waals surface area contributed by atoms with E-state index in [1.165, 1.54) is 19.9 Å². The fourth-order valence-electron chi connectivity index (χ4n) is 1.06. The minimum absolute atomic E-state index is 0. The molecular formula is C11H13NO3. The Labute approximate surface area is 88.0 Å². The van der Waals surface area contributed by atoms with E-state index in [-0.39, 0.29) is 22.6 Å². The fourth-order valence-corrected chi connectivity index (χ4v) is 1.06. The first-order valence-corrected chi connectivity index (χ1v) is 4.26. The number of carbonyl (C=O) groups excluding carboxylic acids is 2. The van der Waals surface area contributed by atoms with Crippen LogP contribution in [0.5, 0.6) is 0 Å². The Bertz CT molecular complexity index is 366. The monoisotopic (exact) mass is 207 g/mol. The van der Waals surface area contributed by atoms with Gasteiger partial charge >= 0.3 is 0 Å². The van der Waals surface area contributed by atoms with Crippen LogP contribution in [0.25, 0.3) is 6.08 Å². The van der Waals surface area contributed by atoms with E-state index < -0.39 is 0 Å². The van der Waals surface area contributed by atoms with Gasteiger partial charge in [-0.2, -0.15) is 0 Å². The van der Waals surface area contributed by atoms with Gasteiger partial charge in [0.05, 0.1) is 11.3 Å². The van der Waals surface area contributed by atoms with Gasteiger partial charge < -0.3 is 5.48 Å². The Hall–Kier alpha value is -1.81. The third-order valence-corrected chi connectivity index (χ3v) is 1.74. The summed E-state index contributed by atoms with van der Waals surface area (Å²) in [6.45, 7) is 2.74. The maximum absolute atomic E-state index is 11.1. The van der Waals surface area contributed by atoms with Crippen molar-refractivity contribution in [1.29, 1.82) is 0 Å². The number of rotatable bonds is 3. The van der Waals surface area contributed by atoms with Crippen molar-refractivity contribution in [3.05, 3.63) is 35.7 Å². The van der Waals surface area contributed by atoms with E-state index in [1.807, 2.05) is 0 Å². The Morgan fingerprint density at radius 3 is 2.20 bits per heavy atom. The first-order chi connectivity index (χ1) is 6.61. The third kappa shape index (κ3) is 3.83. The van der Waals surface area contributed by atoms with Crippen LogP contribution in [0.1, 0.15) is 19.5 Å². The first kappa shape index (κ1) is 13.2. The molecule has 0 bridgehead atoms. The van der Waals surface area contributed by atoms with Crippen molar-refractivity contribution in [2.24, 2.45) is 0 Å². The smallest absolute Gasteiger partial charge is 0.163 e. The van der Waals surface area contributed by atoms with Crippen molar-refractivity contribution < 1.29 is 15.1 Å². The Morgan fingerprint density at radius 1 is 1.20 bits per heavy atom. The molecule has 0 aromatic carbocycles. The van der Waals surface area contributed by atoms with Gasteiger partial charge in [-0.3, -0.25) is 14.6 Å². The molecule has 4 nitrogen and oxygen atoms in total. The van der Waals surface area contributed by atoms with Crippen molar-refractivity contribution >= 4 is 17.6 Å². The minimum atomic E-state index is -0.233. The van der Waals surface area contributed by atoms with Gasteiger partial charge in [0.2, 0.25) is 0 Å². The van der Waals surface area contributed by atoms with Gasteiger partial charge in [0.1, 0.15) is 0 Å². The molecule has 0 radical (unpaired) electrons. The maximum atomic E-state index is 11.1. The molecule has 0 aliphatic rings. The van der Waals surface area contributed by atoms with Crippen LogP contribution in [0.4, 0.5) is 0 Å². The van der Waals surface area contributed by atoms with Crippen LogP contribution >= 0.6 is 0 Å². The molecule has 0 saturated heterocycles. The van der Waals surface area contributed by atoms with E-state index in [1.54, 1.807) is 24.4 Å². The largest absolute Gasteiger partial charge is 0.412 e. The number of nitrogens with zero attached hydrogens (tertiary/aromatic N) is 1. The zero-order valence-electron chi connectivity index (χ0n) is 8.65. The Balaban J connectivity index is 0.00000196. The summed E-state index contributed by atoms with van der Waals surface area (Å²) in [5, 5.41) is 0. The number of Topliss-reactive ketones (excluding diaryl/α,β-unsaturated/α-hetero) is 2. The minimum Gasteiger partial charge on any atom is -0.412 e. The standard InChI is InChI=1S/C11H11NO2.H2O/c1-8(13)11(9(2)14)7-10-5-3-4-6-12-10;/h3-7H,1-2H3;1H2. The number of carbonyl (C=O) groups is 2. The van der Waals surface area contributed by atoms with Crippen molar-refractivity contribution in [2.75, 3.05) is 0 Å². The molecule has 4 heteroatoms. The highest BCUT2D eigenvalue weighted by molar-refractivity contribution is 6.21. The highest BCUT2D eigenvalue weighted by atomic mass is 16.1. The molecule has 0 saturated carbocycles. The van der Waals surface area contributed by atoms with Gasteiger partial charge in [-0.25, -0.2) is 0 Å². The number of hydrogen-bond donors (Lipinski definition) is 0. The average Bonchev–Trinajstić information content (AvgIpc) is 2.15. The summed E-state index contributed by atoms with van der Waals surface area (Å²) in [7, 11) is 0. The molecule has 1 rings (SSSR count). The summed E-state index contributed by atoms with van der Waals surface area (Å²) in [4.78, 5) is 26.1. The second-order valence-corrected chi connectivity index (χ2v) is 2.92.